The van der Waals surface area contributed by atoms with Crippen molar-refractivity contribution in [3.8, 4) is 0 Å². The molecule has 2 rings (SSSR count). The maximum Gasteiger partial charge on any atom is 0.407 e. The lowest BCUT2D eigenvalue weighted by atomic mass is 10.2. The number of ether oxygens (including phenoxy) is 1. The number of aryl methyl sites for hydroxylation is 1. The minimum absolute atomic E-state index is 0.425. The third-order valence-corrected chi connectivity index (χ3v) is 4.04. The quantitative estimate of drug-likeness (QED) is 0.269. The number of amides is 1. The van der Waals surface area contributed by atoms with Crippen LogP contribution in [-0.2, 0) is 11.3 Å². The van der Waals surface area contributed by atoms with Crippen LogP contribution in [0, 0.1) is 0 Å². The van der Waals surface area contributed by atoms with E-state index in [0.717, 1.165) is 19.4 Å². The average molecular weight is 449 g/mol. The maximum absolute atomic E-state index is 11.7. The van der Waals surface area contributed by atoms with Crippen LogP contribution in [0.2, 0.25) is 0 Å². The topological polar surface area (TPSA) is 157 Å². The summed E-state index contributed by atoms with van der Waals surface area (Å²) in [6, 6.07) is 0. The SMILES string of the molecule is CC(C)(C)OC(=O)NCCCNc1nc(NCCCN)nc(NCCCn2ccnc2)n1. The molecule has 0 saturated carbocycles. The van der Waals surface area contributed by atoms with Gasteiger partial charge in [0.15, 0.2) is 0 Å². The van der Waals surface area contributed by atoms with Crippen LogP contribution >= 0.6 is 0 Å². The molecule has 178 valence electrons. The fourth-order valence-electron chi connectivity index (χ4n) is 2.59. The van der Waals surface area contributed by atoms with E-state index in [2.05, 4.69) is 41.2 Å². The Kier molecular flexibility index (Phi) is 10.4. The molecular formula is C20H36N10O2. The zero-order valence-electron chi connectivity index (χ0n) is 19.2. The van der Waals surface area contributed by atoms with Crippen LogP contribution in [0.15, 0.2) is 18.7 Å². The molecule has 0 unspecified atom stereocenters. The van der Waals surface area contributed by atoms with Crippen molar-refractivity contribution in [2.75, 3.05) is 48.7 Å². The molecule has 12 heteroatoms. The van der Waals surface area contributed by atoms with Gasteiger partial charge in [-0.05, 0) is 46.6 Å². The predicted molar refractivity (Wildman–Crippen MR) is 125 cm³/mol. The van der Waals surface area contributed by atoms with Crippen LogP contribution in [0.1, 0.15) is 40.0 Å². The molecule has 0 fully saturated rings. The molecular weight excluding hydrogens is 412 g/mol. The number of hydrogen-bond acceptors (Lipinski definition) is 10. The molecule has 0 aliphatic heterocycles. The van der Waals surface area contributed by atoms with Gasteiger partial charge in [-0.1, -0.05) is 0 Å². The minimum Gasteiger partial charge on any atom is -0.444 e. The molecule has 0 radical (unpaired) electrons. The predicted octanol–water partition coefficient (Wildman–Crippen LogP) is 1.66. The van der Waals surface area contributed by atoms with E-state index >= 15 is 0 Å². The van der Waals surface area contributed by atoms with Gasteiger partial charge in [-0.15, -0.1) is 0 Å². The third-order valence-electron chi connectivity index (χ3n) is 4.04. The Morgan fingerprint density at radius 3 is 2.09 bits per heavy atom. The highest BCUT2D eigenvalue weighted by atomic mass is 16.6. The second kappa shape index (κ2) is 13.3. The van der Waals surface area contributed by atoms with E-state index in [0.29, 0.717) is 57.0 Å². The average Bonchev–Trinajstić information content (AvgIpc) is 3.23. The normalized spacial score (nSPS) is 11.1. The van der Waals surface area contributed by atoms with E-state index < -0.39 is 11.7 Å². The lowest BCUT2D eigenvalue weighted by molar-refractivity contribution is 0.0528. The van der Waals surface area contributed by atoms with E-state index in [1.807, 2.05) is 31.5 Å². The number of rotatable bonds is 14. The van der Waals surface area contributed by atoms with Gasteiger partial charge in [0, 0.05) is 45.1 Å². The maximum atomic E-state index is 11.7. The molecule has 6 N–H and O–H groups in total. The van der Waals surface area contributed by atoms with Gasteiger partial charge in [0.05, 0.1) is 6.33 Å². The van der Waals surface area contributed by atoms with Crippen LogP contribution in [0.3, 0.4) is 0 Å². The monoisotopic (exact) mass is 448 g/mol. The van der Waals surface area contributed by atoms with Crippen LogP contribution < -0.4 is 27.0 Å². The molecule has 1 amide bonds. The highest BCUT2D eigenvalue weighted by Crippen LogP contribution is 2.10. The van der Waals surface area contributed by atoms with Gasteiger partial charge >= 0.3 is 6.09 Å². The number of imidazole rings is 1. The number of nitrogens with two attached hydrogens (primary N) is 1. The zero-order chi connectivity index (χ0) is 23.2. The van der Waals surface area contributed by atoms with Crippen LogP contribution in [0.5, 0.6) is 0 Å². The van der Waals surface area contributed by atoms with Crippen molar-refractivity contribution in [3.63, 3.8) is 0 Å². The van der Waals surface area contributed by atoms with E-state index in [4.69, 9.17) is 10.5 Å². The van der Waals surface area contributed by atoms with Gasteiger partial charge in [-0.2, -0.15) is 15.0 Å². The summed E-state index contributed by atoms with van der Waals surface area (Å²) < 4.78 is 7.24. The number of anilines is 3. The second-order valence-electron chi connectivity index (χ2n) is 8.17. The Labute approximate surface area is 189 Å². The fourth-order valence-corrected chi connectivity index (χ4v) is 2.59. The van der Waals surface area contributed by atoms with Gasteiger partial charge in [0.1, 0.15) is 5.60 Å². The molecule has 0 bridgehead atoms. The van der Waals surface area contributed by atoms with Gasteiger partial charge in [0.25, 0.3) is 0 Å². The molecule has 0 atom stereocenters. The van der Waals surface area contributed by atoms with Crippen molar-refractivity contribution in [1.29, 1.82) is 0 Å². The lowest BCUT2D eigenvalue weighted by Crippen LogP contribution is -2.33. The Morgan fingerprint density at radius 2 is 1.56 bits per heavy atom. The van der Waals surface area contributed by atoms with Crippen molar-refractivity contribution in [2.24, 2.45) is 5.73 Å². The van der Waals surface area contributed by atoms with E-state index in [1.54, 1.807) is 12.5 Å². The van der Waals surface area contributed by atoms with Crippen molar-refractivity contribution >= 4 is 23.9 Å². The van der Waals surface area contributed by atoms with Crippen molar-refractivity contribution in [2.45, 2.75) is 52.2 Å². The lowest BCUT2D eigenvalue weighted by Gasteiger charge is -2.19. The van der Waals surface area contributed by atoms with Crippen molar-refractivity contribution < 1.29 is 9.53 Å². The first-order valence-corrected chi connectivity index (χ1v) is 11.0. The number of alkyl carbamates (subject to hydrolysis) is 1. The summed E-state index contributed by atoms with van der Waals surface area (Å²) in [6.07, 6.45) is 7.47. The van der Waals surface area contributed by atoms with Crippen molar-refractivity contribution in [3.05, 3.63) is 18.7 Å². The first-order chi connectivity index (χ1) is 15.4. The highest BCUT2D eigenvalue weighted by Gasteiger charge is 2.15. The number of nitrogens with zero attached hydrogens (tertiary/aromatic N) is 5. The zero-order valence-corrected chi connectivity index (χ0v) is 19.2. The number of carbonyl (C=O) groups is 1. The minimum atomic E-state index is -0.511. The first kappa shape index (κ1) is 25.1. The molecule has 2 aromatic rings. The summed E-state index contributed by atoms with van der Waals surface area (Å²) in [5, 5.41) is 12.3. The van der Waals surface area contributed by atoms with Crippen LogP contribution in [0.4, 0.5) is 22.6 Å². The smallest absolute Gasteiger partial charge is 0.407 e. The van der Waals surface area contributed by atoms with Gasteiger partial charge < -0.3 is 36.3 Å². The Balaban J connectivity index is 1.80. The summed E-state index contributed by atoms with van der Waals surface area (Å²) >= 11 is 0. The molecule has 0 aliphatic carbocycles. The second-order valence-corrected chi connectivity index (χ2v) is 8.17. The summed E-state index contributed by atoms with van der Waals surface area (Å²) in [6.45, 7) is 9.40. The van der Waals surface area contributed by atoms with Crippen LogP contribution in [-0.4, -0.2) is 68.9 Å². The summed E-state index contributed by atoms with van der Waals surface area (Å²) in [5.41, 5.74) is 5.05. The highest BCUT2D eigenvalue weighted by molar-refractivity contribution is 5.67. The molecule has 2 heterocycles. The fraction of sp³-hybridized carbons (Fsp3) is 0.650. The molecule has 0 aromatic carbocycles. The summed E-state index contributed by atoms with van der Waals surface area (Å²) in [4.78, 5) is 29.0. The van der Waals surface area contributed by atoms with Gasteiger partial charge in [-0.25, -0.2) is 9.78 Å². The number of aromatic nitrogens is 5. The molecule has 32 heavy (non-hydrogen) atoms. The number of carbonyl (C=O) groups excluding carboxylic acids is 1. The molecule has 2 aromatic heterocycles. The Bertz CT molecular complexity index is 792. The third kappa shape index (κ3) is 10.8. The summed E-state index contributed by atoms with van der Waals surface area (Å²) in [7, 11) is 0. The molecule has 0 aliphatic rings. The summed E-state index contributed by atoms with van der Waals surface area (Å²) in [5.74, 6) is 1.44. The molecule has 0 spiro atoms. The Morgan fingerprint density at radius 1 is 0.969 bits per heavy atom. The van der Waals surface area contributed by atoms with Crippen LogP contribution in [0.25, 0.3) is 0 Å². The van der Waals surface area contributed by atoms with E-state index in [9.17, 15) is 4.79 Å². The molecule has 12 nitrogen and oxygen atoms in total. The van der Waals surface area contributed by atoms with E-state index in [-0.39, 0.29) is 0 Å². The first-order valence-electron chi connectivity index (χ1n) is 11.0. The molecule has 0 saturated heterocycles. The van der Waals surface area contributed by atoms with Gasteiger partial charge in [0.2, 0.25) is 17.8 Å². The van der Waals surface area contributed by atoms with E-state index in [1.165, 1.54) is 0 Å². The standard InChI is InChI=1S/C20H36N10O2/c1-20(2,3)32-19(31)26-10-5-9-24-17-27-16(23-8-4-7-21)28-18(29-17)25-11-6-13-30-14-12-22-15-30/h12,14-15H,4-11,13,21H2,1-3H3,(H,26,31)(H3,23,24,25,27,28,29). The number of nitrogens with one attached hydrogen (secondary N) is 4. The number of hydrogen-bond donors (Lipinski definition) is 5. The van der Waals surface area contributed by atoms with Gasteiger partial charge in [-0.3, -0.25) is 0 Å². The largest absolute Gasteiger partial charge is 0.444 e. The van der Waals surface area contributed by atoms with Crippen molar-refractivity contribution in [1.82, 2.24) is 29.8 Å². The Hall–Kier alpha value is -3.15.